The molecule has 0 amide bonds. The Kier molecular flexibility index (Phi) is 6.21. The number of phenolic OH excluding ortho intramolecular Hbond substituents is 1. The summed E-state index contributed by atoms with van der Waals surface area (Å²) < 4.78 is 0. The van der Waals surface area contributed by atoms with Crippen molar-refractivity contribution in [3.8, 4) is 5.75 Å². The highest BCUT2D eigenvalue weighted by Gasteiger charge is 2.28. The molecule has 1 heterocycles. The number of hydrogen-bond donors (Lipinski definition) is 1. The smallest absolute Gasteiger partial charge is 0.120 e. The van der Waals surface area contributed by atoms with Crippen LogP contribution in [0, 0.1) is 0 Å². The number of aromatic hydroxyl groups is 1. The third-order valence-corrected chi connectivity index (χ3v) is 6.43. The zero-order valence-electron chi connectivity index (χ0n) is 15.7. The first-order valence-electron chi connectivity index (χ1n) is 9.51. The molecule has 0 aromatic heterocycles. The molecule has 1 saturated heterocycles. The zero-order chi connectivity index (χ0) is 20.4. The maximum atomic E-state index is 10.5. The van der Waals surface area contributed by atoms with Crippen LogP contribution in [0.1, 0.15) is 17.2 Å². The molecular formula is C23H21Cl3N2O. The van der Waals surface area contributed by atoms with E-state index in [-0.39, 0.29) is 6.04 Å². The van der Waals surface area contributed by atoms with Crippen LogP contribution in [0.15, 0.2) is 66.7 Å². The van der Waals surface area contributed by atoms with Gasteiger partial charge < -0.3 is 10.0 Å². The molecule has 0 aliphatic carbocycles. The molecule has 1 aliphatic rings. The number of halogens is 3. The molecule has 1 aliphatic heterocycles. The zero-order valence-corrected chi connectivity index (χ0v) is 18.0. The van der Waals surface area contributed by atoms with Crippen molar-refractivity contribution in [3.05, 3.63) is 92.9 Å². The highest BCUT2D eigenvalue weighted by Crippen LogP contribution is 2.37. The predicted molar refractivity (Wildman–Crippen MR) is 122 cm³/mol. The first kappa shape index (κ1) is 20.4. The van der Waals surface area contributed by atoms with E-state index < -0.39 is 0 Å². The number of phenols is 1. The maximum Gasteiger partial charge on any atom is 0.120 e. The fraction of sp³-hybridized carbons (Fsp3) is 0.217. The third kappa shape index (κ3) is 4.34. The van der Waals surface area contributed by atoms with Crippen LogP contribution < -0.4 is 4.90 Å². The van der Waals surface area contributed by atoms with Crippen molar-refractivity contribution in [2.45, 2.75) is 6.04 Å². The number of hydrogen-bond acceptors (Lipinski definition) is 3. The van der Waals surface area contributed by atoms with E-state index in [1.165, 1.54) is 0 Å². The molecule has 150 valence electrons. The Labute approximate surface area is 186 Å². The number of anilines is 1. The second-order valence-electron chi connectivity index (χ2n) is 7.11. The van der Waals surface area contributed by atoms with Gasteiger partial charge in [0.2, 0.25) is 0 Å². The Balaban J connectivity index is 1.61. The highest BCUT2D eigenvalue weighted by atomic mass is 35.5. The summed E-state index contributed by atoms with van der Waals surface area (Å²) in [6.45, 7) is 3.28. The highest BCUT2D eigenvalue weighted by molar-refractivity contribution is 6.43. The van der Waals surface area contributed by atoms with Crippen LogP contribution in [0.4, 0.5) is 5.69 Å². The van der Waals surface area contributed by atoms with E-state index in [1.807, 2.05) is 54.6 Å². The van der Waals surface area contributed by atoms with Gasteiger partial charge in [0.25, 0.3) is 0 Å². The minimum absolute atomic E-state index is 0.0505. The molecule has 0 spiro atoms. The third-order valence-electron chi connectivity index (χ3n) is 5.37. The van der Waals surface area contributed by atoms with Crippen molar-refractivity contribution in [2.75, 3.05) is 31.1 Å². The lowest BCUT2D eigenvalue weighted by Crippen LogP contribution is -2.48. The molecule has 3 aromatic carbocycles. The molecule has 1 unspecified atom stereocenters. The molecule has 4 rings (SSSR count). The summed E-state index contributed by atoms with van der Waals surface area (Å²) in [7, 11) is 0. The molecule has 0 saturated carbocycles. The number of piperazine rings is 1. The van der Waals surface area contributed by atoms with Crippen molar-refractivity contribution in [3.63, 3.8) is 0 Å². The van der Waals surface area contributed by atoms with Gasteiger partial charge in [-0.25, -0.2) is 0 Å². The average Bonchev–Trinajstić information content (AvgIpc) is 2.74. The monoisotopic (exact) mass is 446 g/mol. The standard InChI is InChI=1S/C23H21Cl3N2O/c24-17-10-8-16(9-11-17)23(18-4-1-2-7-21(18)29)28-14-12-27(13-15-28)20-6-3-5-19(25)22(20)26/h1-11,23,29H,12-15H2. The Bertz CT molecular complexity index is 986. The van der Waals surface area contributed by atoms with E-state index in [2.05, 4.69) is 9.80 Å². The summed E-state index contributed by atoms with van der Waals surface area (Å²) in [6, 6.07) is 21.0. The lowest BCUT2D eigenvalue weighted by molar-refractivity contribution is 0.209. The lowest BCUT2D eigenvalue weighted by Gasteiger charge is -2.41. The van der Waals surface area contributed by atoms with Crippen molar-refractivity contribution in [1.29, 1.82) is 0 Å². The summed E-state index contributed by atoms with van der Waals surface area (Å²) in [5, 5.41) is 12.4. The molecule has 0 radical (unpaired) electrons. The number of rotatable bonds is 4. The van der Waals surface area contributed by atoms with Crippen LogP contribution in [0.2, 0.25) is 15.1 Å². The van der Waals surface area contributed by atoms with E-state index in [1.54, 1.807) is 12.1 Å². The first-order valence-corrected chi connectivity index (χ1v) is 10.6. The van der Waals surface area contributed by atoms with E-state index in [9.17, 15) is 5.11 Å². The Morgan fingerprint density at radius 1 is 0.759 bits per heavy atom. The van der Waals surface area contributed by atoms with Gasteiger partial charge in [-0.15, -0.1) is 0 Å². The minimum Gasteiger partial charge on any atom is -0.508 e. The Hall–Kier alpha value is -1.91. The largest absolute Gasteiger partial charge is 0.508 e. The van der Waals surface area contributed by atoms with Crippen LogP contribution in [0.3, 0.4) is 0 Å². The summed E-state index contributed by atoms with van der Waals surface area (Å²) in [6.07, 6.45) is 0. The van der Waals surface area contributed by atoms with E-state index in [0.29, 0.717) is 20.8 Å². The molecular weight excluding hydrogens is 427 g/mol. The Morgan fingerprint density at radius 2 is 1.45 bits per heavy atom. The van der Waals surface area contributed by atoms with Gasteiger partial charge in [0.15, 0.2) is 0 Å². The second-order valence-corrected chi connectivity index (χ2v) is 8.33. The van der Waals surface area contributed by atoms with Gasteiger partial charge in [-0.3, -0.25) is 4.90 Å². The average molecular weight is 448 g/mol. The van der Waals surface area contributed by atoms with Crippen molar-refractivity contribution in [2.24, 2.45) is 0 Å². The van der Waals surface area contributed by atoms with Crippen LogP contribution in [-0.4, -0.2) is 36.2 Å². The molecule has 1 N–H and O–H groups in total. The van der Waals surface area contributed by atoms with Crippen molar-refractivity contribution < 1.29 is 5.11 Å². The van der Waals surface area contributed by atoms with Crippen LogP contribution >= 0.6 is 34.8 Å². The Morgan fingerprint density at radius 3 is 2.14 bits per heavy atom. The maximum absolute atomic E-state index is 10.5. The van der Waals surface area contributed by atoms with Crippen molar-refractivity contribution in [1.82, 2.24) is 4.90 Å². The normalized spacial score (nSPS) is 16.0. The van der Waals surface area contributed by atoms with Crippen LogP contribution in [0.25, 0.3) is 0 Å². The molecule has 3 nitrogen and oxygen atoms in total. The van der Waals surface area contributed by atoms with Gasteiger partial charge in [-0.05, 0) is 35.9 Å². The second kappa shape index (κ2) is 8.85. The van der Waals surface area contributed by atoms with Gasteiger partial charge in [-0.1, -0.05) is 71.2 Å². The topological polar surface area (TPSA) is 26.7 Å². The van der Waals surface area contributed by atoms with E-state index in [0.717, 1.165) is 43.0 Å². The molecule has 3 aromatic rings. The van der Waals surface area contributed by atoms with Gasteiger partial charge in [0.1, 0.15) is 5.75 Å². The summed E-state index contributed by atoms with van der Waals surface area (Å²) in [5.74, 6) is 0.299. The molecule has 6 heteroatoms. The van der Waals surface area contributed by atoms with Gasteiger partial charge in [0.05, 0.1) is 21.8 Å². The molecule has 29 heavy (non-hydrogen) atoms. The SMILES string of the molecule is Oc1ccccc1C(c1ccc(Cl)cc1)N1CCN(c2cccc(Cl)c2Cl)CC1. The fourth-order valence-corrected chi connectivity index (χ4v) is 4.45. The van der Waals surface area contributed by atoms with Crippen LogP contribution in [0.5, 0.6) is 5.75 Å². The van der Waals surface area contributed by atoms with Gasteiger partial charge in [0, 0.05) is 36.8 Å². The van der Waals surface area contributed by atoms with Gasteiger partial charge in [-0.2, -0.15) is 0 Å². The molecule has 0 bridgehead atoms. The van der Waals surface area contributed by atoms with Gasteiger partial charge >= 0.3 is 0 Å². The molecule has 1 fully saturated rings. The number of para-hydroxylation sites is 1. The summed E-state index contributed by atoms with van der Waals surface area (Å²) >= 11 is 18.7. The van der Waals surface area contributed by atoms with E-state index in [4.69, 9.17) is 34.8 Å². The molecule has 1 atom stereocenters. The minimum atomic E-state index is -0.0505. The lowest BCUT2D eigenvalue weighted by atomic mass is 9.95. The predicted octanol–water partition coefficient (Wildman–Crippen LogP) is 6.26. The number of benzene rings is 3. The van der Waals surface area contributed by atoms with Crippen LogP contribution in [-0.2, 0) is 0 Å². The number of nitrogens with zero attached hydrogens (tertiary/aromatic N) is 2. The fourth-order valence-electron chi connectivity index (χ4n) is 3.91. The summed E-state index contributed by atoms with van der Waals surface area (Å²) in [4.78, 5) is 4.64. The van der Waals surface area contributed by atoms with E-state index >= 15 is 0 Å². The quantitative estimate of drug-likeness (QED) is 0.511. The van der Waals surface area contributed by atoms with Crippen molar-refractivity contribution >= 4 is 40.5 Å². The summed E-state index contributed by atoms with van der Waals surface area (Å²) in [5.41, 5.74) is 2.96. The first-order chi connectivity index (χ1) is 14.0.